The average Bonchev–Trinajstić information content (AvgIpc) is 2.04. The van der Waals surface area contributed by atoms with Gasteiger partial charge in [-0.05, 0) is 44.0 Å². The predicted octanol–water partition coefficient (Wildman–Crippen LogP) is 3.56. The predicted molar refractivity (Wildman–Crippen MR) is 53.3 cm³/mol. The molecule has 0 atom stereocenters. The number of ether oxygens (including phenoxy) is 1. The molecule has 0 bridgehead atoms. The quantitative estimate of drug-likeness (QED) is 0.829. The van der Waals surface area contributed by atoms with Gasteiger partial charge in [0, 0.05) is 0 Å². The lowest BCUT2D eigenvalue weighted by Crippen LogP contribution is -1.99. The molecular weight excluding hydrogens is 291 g/mol. The Bertz CT molecular complexity index is 245. The van der Waals surface area contributed by atoms with E-state index >= 15 is 0 Å². The van der Waals surface area contributed by atoms with Crippen LogP contribution in [0.5, 0.6) is 5.75 Å². The molecule has 0 heterocycles. The van der Waals surface area contributed by atoms with Crippen molar-refractivity contribution in [3.8, 4) is 5.75 Å². The SMILES string of the molecule is FCCOc1c(Br)cccc1Br. The Morgan fingerprint density at radius 2 is 1.83 bits per heavy atom. The van der Waals surface area contributed by atoms with Gasteiger partial charge in [0.25, 0.3) is 0 Å². The van der Waals surface area contributed by atoms with Gasteiger partial charge in [0.1, 0.15) is 19.0 Å². The fourth-order valence-corrected chi connectivity index (χ4v) is 1.99. The van der Waals surface area contributed by atoms with Crippen molar-refractivity contribution in [2.24, 2.45) is 0 Å². The van der Waals surface area contributed by atoms with E-state index in [1.54, 1.807) is 0 Å². The van der Waals surface area contributed by atoms with E-state index in [1.165, 1.54) is 0 Å². The van der Waals surface area contributed by atoms with E-state index < -0.39 is 6.67 Å². The Kier molecular flexibility index (Phi) is 4.01. The Morgan fingerprint density at radius 1 is 1.25 bits per heavy atom. The average molecular weight is 298 g/mol. The van der Waals surface area contributed by atoms with Gasteiger partial charge in [-0.3, -0.25) is 0 Å². The largest absolute Gasteiger partial charge is 0.488 e. The van der Waals surface area contributed by atoms with Crippen LogP contribution < -0.4 is 4.74 Å². The minimum absolute atomic E-state index is 0.0845. The summed E-state index contributed by atoms with van der Waals surface area (Å²) in [5.41, 5.74) is 0. The van der Waals surface area contributed by atoms with E-state index in [0.717, 1.165) is 8.95 Å². The number of para-hydroxylation sites is 1. The number of halogens is 3. The first kappa shape index (κ1) is 9.99. The fraction of sp³-hybridized carbons (Fsp3) is 0.250. The summed E-state index contributed by atoms with van der Waals surface area (Å²) >= 11 is 6.60. The highest BCUT2D eigenvalue weighted by Crippen LogP contribution is 2.32. The third-order valence-electron chi connectivity index (χ3n) is 1.24. The second kappa shape index (κ2) is 4.82. The first-order chi connectivity index (χ1) is 5.75. The maximum Gasteiger partial charge on any atom is 0.147 e. The Morgan fingerprint density at radius 3 is 2.33 bits per heavy atom. The standard InChI is InChI=1S/C8H7Br2FO/c9-6-2-1-3-7(10)8(6)12-5-4-11/h1-3H,4-5H2. The minimum atomic E-state index is -0.478. The normalized spacial score (nSPS) is 9.92. The molecule has 1 aromatic carbocycles. The molecule has 0 aliphatic rings. The number of hydrogen-bond donors (Lipinski definition) is 0. The third-order valence-corrected chi connectivity index (χ3v) is 2.49. The molecule has 0 aliphatic heterocycles. The molecule has 66 valence electrons. The van der Waals surface area contributed by atoms with Crippen molar-refractivity contribution in [1.82, 2.24) is 0 Å². The van der Waals surface area contributed by atoms with Gasteiger partial charge in [0.05, 0.1) is 8.95 Å². The van der Waals surface area contributed by atoms with Gasteiger partial charge in [0.2, 0.25) is 0 Å². The number of hydrogen-bond acceptors (Lipinski definition) is 1. The molecule has 1 aromatic rings. The zero-order chi connectivity index (χ0) is 8.97. The summed E-state index contributed by atoms with van der Waals surface area (Å²) in [6.07, 6.45) is 0. The van der Waals surface area contributed by atoms with Crippen LogP contribution in [0.1, 0.15) is 0 Å². The molecule has 0 saturated carbocycles. The van der Waals surface area contributed by atoms with Crippen LogP contribution in [-0.2, 0) is 0 Å². The van der Waals surface area contributed by atoms with Crippen LogP contribution in [0.3, 0.4) is 0 Å². The van der Waals surface area contributed by atoms with Crippen molar-refractivity contribution in [2.75, 3.05) is 13.3 Å². The molecule has 0 saturated heterocycles. The Labute approximate surface area is 87.2 Å². The van der Waals surface area contributed by atoms with Crippen LogP contribution in [0.2, 0.25) is 0 Å². The molecule has 0 amide bonds. The lowest BCUT2D eigenvalue weighted by molar-refractivity contribution is 0.270. The van der Waals surface area contributed by atoms with Crippen LogP contribution in [0.25, 0.3) is 0 Å². The zero-order valence-corrected chi connectivity index (χ0v) is 9.36. The zero-order valence-electron chi connectivity index (χ0n) is 6.19. The van der Waals surface area contributed by atoms with Crippen molar-refractivity contribution < 1.29 is 9.13 Å². The molecule has 0 spiro atoms. The maximum absolute atomic E-state index is 11.8. The van der Waals surface area contributed by atoms with E-state index in [9.17, 15) is 4.39 Å². The minimum Gasteiger partial charge on any atom is -0.488 e. The van der Waals surface area contributed by atoms with Crippen molar-refractivity contribution in [3.63, 3.8) is 0 Å². The van der Waals surface area contributed by atoms with Gasteiger partial charge >= 0.3 is 0 Å². The topological polar surface area (TPSA) is 9.23 Å². The molecule has 1 nitrogen and oxygen atoms in total. The molecular formula is C8H7Br2FO. The second-order valence-corrected chi connectivity index (χ2v) is 3.80. The van der Waals surface area contributed by atoms with Crippen molar-refractivity contribution in [2.45, 2.75) is 0 Å². The monoisotopic (exact) mass is 296 g/mol. The summed E-state index contributed by atoms with van der Waals surface area (Å²) in [6.45, 7) is -0.394. The molecule has 12 heavy (non-hydrogen) atoms. The van der Waals surface area contributed by atoms with Gasteiger partial charge in [-0.2, -0.15) is 0 Å². The van der Waals surface area contributed by atoms with Gasteiger partial charge in [0.15, 0.2) is 0 Å². The second-order valence-electron chi connectivity index (χ2n) is 2.09. The van der Waals surface area contributed by atoms with Crippen LogP contribution in [0.4, 0.5) is 4.39 Å². The van der Waals surface area contributed by atoms with Crippen LogP contribution in [0.15, 0.2) is 27.1 Å². The summed E-state index contributed by atoms with van der Waals surface area (Å²) in [6, 6.07) is 5.56. The molecule has 0 radical (unpaired) electrons. The van der Waals surface area contributed by atoms with Crippen molar-refractivity contribution >= 4 is 31.9 Å². The van der Waals surface area contributed by atoms with Crippen LogP contribution in [0, 0.1) is 0 Å². The van der Waals surface area contributed by atoms with Gasteiger partial charge in [-0.15, -0.1) is 0 Å². The van der Waals surface area contributed by atoms with Gasteiger partial charge in [-0.1, -0.05) is 6.07 Å². The molecule has 1 rings (SSSR count). The smallest absolute Gasteiger partial charge is 0.147 e. The lowest BCUT2D eigenvalue weighted by Gasteiger charge is -2.07. The summed E-state index contributed by atoms with van der Waals surface area (Å²) in [4.78, 5) is 0. The van der Waals surface area contributed by atoms with E-state index in [2.05, 4.69) is 31.9 Å². The number of rotatable bonds is 3. The highest BCUT2D eigenvalue weighted by molar-refractivity contribution is 9.11. The highest BCUT2D eigenvalue weighted by Gasteiger charge is 2.04. The van der Waals surface area contributed by atoms with Crippen molar-refractivity contribution in [3.05, 3.63) is 27.1 Å². The molecule has 0 fully saturated rings. The van der Waals surface area contributed by atoms with E-state index in [1.807, 2.05) is 18.2 Å². The summed E-state index contributed by atoms with van der Waals surface area (Å²) in [5, 5.41) is 0. The van der Waals surface area contributed by atoms with Gasteiger partial charge < -0.3 is 4.74 Å². The number of alkyl halides is 1. The molecule has 0 unspecified atom stereocenters. The van der Waals surface area contributed by atoms with E-state index in [-0.39, 0.29) is 6.61 Å². The summed E-state index contributed by atoms with van der Waals surface area (Å²) in [7, 11) is 0. The number of benzene rings is 1. The lowest BCUT2D eigenvalue weighted by atomic mass is 10.3. The van der Waals surface area contributed by atoms with Gasteiger partial charge in [-0.25, -0.2) is 4.39 Å². The Hall–Kier alpha value is -0.0900. The van der Waals surface area contributed by atoms with Crippen LogP contribution >= 0.6 is 31.9 Å². The maximum atomic E-state index is 11.8. The third kappa shape index (κ3) is 2.45. The molecule has 4 heteroatoms. The Balaban J connectivity index is 2.81. The summed E-state index contributed by atoms with van der Waals surface area (Å²) in [5.74, 6) is 0.648. The summed E-state index contributed by atoms with van der Waals surface area (Å²) < 4.78 is 18.6. The van der Waals surface area contributed by atoms with Crippen molar-refractivity contribution in [1.29, 1.82) is 0 Å². The van der Waals surface area contributed by atoms with E-state index in [0.29, 0.717) is 5.75 Å². The molecule has 0 aromatic heterocycles. The first-order valence-electron chi connectivity index (χ1n) is 3.38. The van der Waals surface area contributed by atoms with Crippen LogP contribution in [-0.4, -0.2) is 13.3 Å². The molecule has 0 aliphatic carbocycles. The highest BCUT2D eigenvalue weighted by atomic mass is 79.9. The fourth-order valence-electron chi connectivity index (χ4n) is 0.761. The van der Waals surface area contributed by atoms with E-state index in [4.69, 9.17) is 4.74 Å². The first-order valence-corrected chi connectivity index (χ1v) is 4.97. The molecule has 0 N–H and O–H groups in total.